The van der Waals surface area contributed by atoms with E-state index in [1.54, 1.807) is 37.3 Å². The molecule has 0 saturated carbocycles. The first kappa shape index (κ1) is 25.7. The molecule has 0 aliphatic carbocycles. The van der Waals surface area contributed by atoms with E-state index in [-0.39, 0.29) is 12.0 Å². The summed E-state index contributed by atoms with van der Waals surface area (Å²) in [5, 5.41) is 5.55. The number of aryl methyl sites for hydroxylation is 2. The van der Waals surface area contributed by atoms with Crippen LogP contribution in [-0.2, 0) is 19.7 Å². The third kappa shape index (κ3) is 6.13. The molecule has 3 rings (SSSR count). The zero-order chi connectivity index (χ0) is 24.9. The van der Waals surface area contributed by atoms with Crippen LogP contribution < -0.4 is 14.9 Å². The van der Waals surface area contributed by atoms with Crippen LogP contribution in [0.2, 0.25) is 0 Å². The maximum atomic E-state index is 13.1. The summed E-state index contributed by atoms with van der Waals surface area (Å²) in [6, 6.07) is 12.1. The molecule has 1 aliphatic heterocycles. The van der Waals surface area contributed by atoms with Gasteiger partial charge in [-0.05, 0) is 56.0 Å². The highest BCUT2D eigenvalue weighted by Gasteiger charge is 2.29. The standard InChI is InChI=1S/C24H32N4O5S/c1-17-11-12-18(2)22(14-17)28(34(31,32)27(3)4)16-23(29)26-21-10-6-5-9-20(21)24(30)25-15-19-8-7-13-33-19/h5-6,9-12,14,19H,7-8,13,15-16H2,1-4H3,(H,25,30)(H,26,29)/t19-/m1/s1. The number of nitrogens with one attached hydrogen (secondary N) is 2. The van der Waals surface area contributed by atoms with E-state index in [0.717, 1.165) is 32.6 Å². The lowest BCUT2D eigenvalue weighted by molar-refractivity contribution is -0.114. The zero-order valence-corrected chi connectivity index (χ0v) is 20.8. The number of amides is 2. The lowest BCUT2D eigenvalue weighted by atomic mass is 10.1. The molecule has 0 radical (unpaired) electrons. The van der Waals surface area contributed by atoms with Gasteiger partial charge in [0, 0.05) is 27.2 Å². The summed E-state index contributed by atoms with van der Waals surface area (Å²) in [6.07, 6.45) is 1.86. The number of hydrogen-bond acceptors (Lipinski definition) is 5. The molecule has 0 aromatic heterocycles. The van der Waals surface area contributed by atoms with E-state index in [1.165, 1.54) is 14.1 Å². The maximum Gasteiger partial charge on any atom is 0.304 e. The van der Waals surface area contributed by atoms with Crippen molar-refractivity contribution in [2.75, 3.05) is 43.4 Å². The van der Waals surface area contributed by atoms with Crippen LogP contribution in [-0.4, -0.2) is 64.4 Å². The first-order valence-corrected chi connectivity index (χ1v) is 12.6. The van der Waals surface area contributed by atoms with Crippen LogP contribution in [0.5, 0.6) is 0 Å². The molecule has 0 unspecified atom stereocenters. The second-order valence-electron chi connectivity index (χ2n) is 8.53. The van der Waals surface area contributed by atoms with Crippen LogP contribution >= 0.6 is 0 Å². The molecule has 1 aliphatic rings. The lowest BCUT2D eigenvalue weighted by Crippen LogP contribution is -2.44. The third-order valence-corrected chi connectivity index (χ3v) is 7.43. The van der Waals surface area contributed by atoms with Gasteiger partial charge in [-0.3, -0.25) is 9.59 Å². The number of benzene rings is 2. The number of nitrogens with zero attached hydrogens (tertiary/aromatic N) is 2. The summed E-state index contributed by atoms with van der Waals surface area (Å²) >= 11 is 0. The largest absolute Gasteiger partial charge is 0.376 e. The molecule has 2 aromatic carbocycles. The van der Waals surface area contributed by atoms with Gasteiger partial charge >= 0.3 is 10.2 Å². The molecule has 0 spiro atoms. The van der Waals surface area contributed by atoms with Gasteiger partial charge in [0.1, 0.15) is 6.54 Å². The fourth-order valence-electron chi connectivity index (χ4n) is 3.69. The van der Waals surface area contributed by atoms with E-state index in [9.17, 15) is 18.0 Å². The first-order valence-electron chi connectivity index (χ1n) is 11.2. The van der Waals surface area contributed by atoms with E-state index in [0.29, 0.717) is 30.1 Å². The second-order valence-corrected chi connectivity index (χ2v) is 10.6. The number of hydrogen-bond donors (Lipinski definition) is 2. The Balaban J connectivity index is 1.80. The minimum absolute atomic E-state index is 0.00642. The highest BCUT2D eigenvalue weighted by atomic mass is 32.2. The highest BCUT2D eigenvalue weighted by Crippen LogP contribution is 2.25. The molecular formula is C24H32N4O5S. The zero-order valence-electron chi connectivity index (χ0n) is 20.0. The summed E-state index contributed by atoms with van der Waals surface area (Å²) in [5.41, 5.74) is 2.61. The lowest BCUT2D eigenvalue weighted by Gasteiger charge is -2.28. The molecule has 1 atom stereocenters. The van der Waals surface area contributed by atoms with Crippen LogP contribution in [0.3, 0.4) is 0 Å². The number of rotatable bonds is 9. The van der Waals surface area contributed by atoms with Crippen LogP contribution in [0.1, 0.15) is 34.3 Å². The number of anilines is 2. The monoisotopic (exact) mass is 488 g/mol. The van der Waals surface area contributed by atoms with E-state index in [1.807, 2.05) is 19.1 Å². The Kier molecular flexibility index (Phi) is 8.29. The Labute approximate surface area is 201 Å². The van der Waals surface area contributed by atoms with E-state index in [2.05, 4.69) is 10.6 Å². The van der Waals surface area contributed by atoms with E-state index >= 15 is 0 Å². The Hall–Kier alpha value is -2.95. The van der Waals surface area contributed by atoms with Crippen LogP contribution in [0, 0.1) is 13.8 Å². The average Bonchev–Trinajstić information content (AvgIpc) is 3.31. The second kappa shape index (κ2) is 11.0. The van der Waals surface area contributed by atoms with Crippen molar-refractivity contribution in [3.05, 3.63) is 59.2 Å². The summed E-state index contributed by atoms with van der Waals surface area (Å²) < 4.78 is 33.8. The normalized spacial score (nSPS) is 15.9. The van der Waals surface area contributed by atoms with Gasteiger partial charge in [-0.15, -0.1) is 0 Å². The topological polar surface area (TPSA) is 108 Å². The van der Waals surface area contributed by atoms with Gasteiger partial charge < -0.3 is 15.4 Å². The minimum Gasteiger partial charge on any atom is -0.376 e. The van der Waals surface area contributed by atoms with Crippen molar-refractivity contribution in [3.8, 4) is 0 Å². The predicted octanol–water partition coefficient (Wildman–Crippen LogP) is 2.46. The molecular weight excluding hydrogens is 456 g/mol. The summed E-state index contributed by atoms with van der Waals surface area (Å²) in [6.45, 7) is 4.28. The Bertz CT molecular complexity index is 1140. The molecule has 9 nitrogen and oxygen atoms in total. The SMILES string of the molecule is Cc1ccc(C)c(N(CC(=O)Nc2ccccc2C(=O)NC[C@H]2CCCO2)S(=O)(=O)N(C)C)c1. The maximum absolute atomic E-state index is 13.1. The van der Waals surface area contributed by atoms with Crippen molar-refractivity contribution in [2.45, 2.75) is 32.8 Å². The summed E-state index contributed by atoms with van der Waals surface area (Å²) in [4.78, 5) is 25.8. The molecule has 1 heterocycles. The van der Waals surface area contributed by atoms with Crippen LogP contribution in [0.4, 0.5) is 11.4 Å². The van der Waals surface area contributed by atoms with Gasteiger partial charge in [-0.2, -0.15) is 12.7 Å². The number of carbonyl (C=O) groups excluding carboxylic acids is 2. The van der Waals surface area contributed by atoms with Crippen LogP contribution in [0.25, 0.3) is 0 Å². The van der Waals surface area contributed by atoms with Gasteiger partial charge in [0.05, 0.1) is 23.0 Å². The van der Waals surface area contributed by atoms with E-state index < -0.39 is 22.7 Å². The quantitative estimate of drug-likeness (QED) is 0.564. The molecule has 34 heavy (non-hydrogen) atoms. The van der Waals surface area contributed by atoms with Crippen molar-refractivity contribution in [1.29, 1.82) is 0 Å². The van der Waals surface area contributed by atoms with Crippen LogP contribution in [0.15, 0.2) is 42.5 Å². The number of carbonyl (C=O) groups is 2. The molecule has 2 aromatic rings. The Morgan fingerprint density at radius 2 is 1.85 bits per heavy atom. The fourth-order valence-corrected chi connectivity index (χ4v) is 4.81. The summed E-state index contributed by atoms with van der Waals surface area (Å²) in [7, 11) is -1.12. The predicted molar refractivity (Wildman–Crippen MR) is 132 cm³/mol. The number of para-hydroxylation sites is 1. The van der Waals surface area contributed by atoms with Crippen molar-refractivity contribution < 1.29 is 22.7 Å². The van der Waals surface area contributed by atoms with Crippen molar-refractivity contribution in [2.24, 2.45) is 0 Å². The molecule has 2 N–H and O–H groups in total. The fraction of sp³-hybridized carbons (Fsp3) is 0.417. The van der Waals surface area contributed by atoms with Gasteiger partial charge in [0.25, 0.3) is 5.91 Å². The van der Waals surface area contributed by atoms with Crippen molar-refractivity contribution in [1.82, 2.24) is 9.62 Å². The first-order chi connectivity index (χ1) is 16.1. The summed E-state index contributed by atoms with van der Waals surface area (Å²) in [5.74, 6) is -0.899. The Morgan fingerprint density at radius 1 is 1.12 bits per heavy atom. The smallest absolute Gasteiger partial charge is 0.304 e. The average molecular weight is 489 g/mol. The molecule has 1 saturated heterocycles. The van der Waals surface area contributed by atoms with E-state index in [4.69, 9.17) is 4.74 Å². The minimum atomic E-state index is -3.95. The Morgan fingerprint density at radius 3 is 2.53 bits per heavy atom. The number of ether oxygens (including phenoxy) is 1. The highest BCUT2D eigenvalue weighted by molar-refractivity contribution is 7.90. The van der Waals surface area contributed by atoms with Gasteiger partial charge in [0.15, 0.2) is 0 Å². The third-order valence-electron chi connectivity index (χ3n) is 5.62. The van der Waals surface area contributed by atoms with Gasteiger partial charge in [0.2, 0.25) is 5.91 Å². The molecule has 10 heteroatoms. The van der Waals surface area contributed by atoms with Crippen molar-refractivity contribution >= 4 is 33.4 Å². The molecule has 184 valence electrons. The van der Waals surface area contributed by atoms with Gasteiger partial charge in [-0.25, -0.2) is 4.31 Å². The molecule has 0 bridgehead atoms. The molecule has 1 fully saturated rings. The molecule has 2 amide bonds. The van der Waals surface area contributed by atoms with Crippen molar-refractivity contribution in [3.63, 3.8) is 0 Å². The van der Waals surface area contributed by atoms with Gasteiger partial charge in [-0.1, -0.05) is 24.3 Å².